The van der Waals surface area contributed by atoms with Gasteiger partial charge >= 0.3 is 0 Å². The van der Waals surface area contributed by atoms with Gasteiger partial charge in [-0.1, -0.05) is 37.3 Å². The fraction of sp³-hybridized carbons (Fsp3) is 0.588. The van der Waals surface area contributed by atoms with Gasteiger partial charge in [0.2, 0.25) is 5.91 Å². The molecule has 1 aromatic rings. The molecule has 21 heavy (non-hydrogen) atoms. The molecule has 2 N–H and O–H groups in total. The Bertz CT molecular complexity index is 472. The molecule has 4 heteroatoms. The number of hydrogen-bond donors (Lipinski definition) is 1. The standard InChI is InChI=1S/C17H27N3O/c1-14(11-18)16(21)19-9-10-20(17(2,3)13-19)12-15-7-5-4-6-8-15/h4-8,14H,9-13,18H2,1-3H3. The Hall–Kier alpha value is -1.39. The SMILES string of the molecule is CC(CN)C(=O)N1CCN(Cc2ccccc2)C(C)(C)C1. The monoisotopic (exact) mass is 289 g/mol. The summed E-state index contributed by atoms with van der Waals surface area (Å²) in [5, 5.41) is 0. The van der Waals surface area contributed by atoms with Crippen LogP contribution in [0.4, 0.5) is 0 Å². The van der Waals surface area contributed by atoms with Crippen molar-refractivity contribution in [3.05, 3.63) is 35.9 Å². The van der Waals surface area contributed by atoms with Crippen molar-refractivity contribution in [1.82, 2.24) is 9.80 Å². The van der Waals surface area contributed by atoms with Gasteiger partial charge in [-0.15, -0.1) is 0 Å². The van der Waals surface area contributed by atoms with Crippen LogP contribution >= 0.6 is 0 Å². The highest BCUT2D eigenvalue weighted by Gasteiger charge is 2.36. The number of carbonyl (C=O) groups excluding carboxylic acids is 1. The molecule has 4 nitrogen and oxygen atoms in total. The Labute approximate surface area is 127 Å². The van der Waals surface area contributed by atoms with Crippen LogP contribution in [-0.4, -0.2) is 47.4 Å². The zero-order valence-corrected chi connectivity index (χ0v) is 13.4. The van der Waals surface area contributed by atoms with Gasteiger partial charge in [0, 0.05) is 44.2 Å². The van der Waals surface area contributed by atoms with Gasteiger partial charge in [0.25, 0.3) is 0 Å². The minimum atomic E-state index is -0.0820. The second-order valence-electron chi connectivity index (χ2n) is 6.62. The lowest BCUT2D eigenvalue weighted by Gasteiger charge is -2.47. The Kier molecular flexibility index (Phi) is 5.01. The van der Waals surface area contributed by atoms with Crippen molar-refractivity contribution in [2.75, 3.05) is 26.2 Å². The molecular weight excluding hydrogens is 262 g/mol. The van der Waals surface area contributed by atoms with Gasteiger partial charge in [-0.2, -0.15) is 0 Å². The van der Waals surface area contributed by atoms with Crippen LogP contribution in [0.25, 0.3) is 0 Å². The molecule has 1 aliphatic heterocycles. The van der Waals surface area contributed by atoms with E-state index < -0.39 is 0 Å². The topological polar surface area (TPSA) is 49.6 Å². The first-order valence-electron chi connectivity index (χ1n) is 7.72. The van der Waals surface area contributed by atoms with Crippen molar-refractivity contribution < 1.29 is 4.79 Å². The molecule has 1 amide bonds. The Balaban J connectivity index is 2.01. The first-order valence-corrected chi connectivity index (χ1v) is 7.72. The number of hydrogen-bond acceptors (Lipinski definition) is 3. The predicted octanol–water partition coefficient (Wildman–Crippen LogP) is 1.70. The summed E-state index contributed by atoms with van der Waals surface area (Å²) in [5.41, 5.74) is 6.92. The third-order valence-corrected chi connectivity index (χ3v) is 4.38. The van der Waals surface area contributed by atoms with E-state index in [1.54, 1.807) is 0 Å². The summed E-state index contributed by atoms with van der Waals surface area (Å²) >= 11 is 0. The molecule has 1 unspecified atom stereocenters. The van der Waals surface area contributed by atoms with Crippen molar-refractivity contribution in [2.45, 2.75) is 32.9 Å². The van der Waals surface area contributed by atoms with Crippen molar-refractivity contribution in [2.24, 2.45) is 11.7 Å². The van der Waals surface area contributed by atoms with Crippen molar-refractivity contribution >= 4 is 5.91 Å². The molecular formula is C17H27N3O. The lowest BCUT2D eigenvalue weighted by atomic mass is 9.96. The summed E-state index contributed by atoms with van der Waals surface area (Å²) in [5.74, 6) is 0.103. The number of nitrogens with two attached hydrogens (primary N) is 1. The van der Waals surface area contributed by atoms with Gasteiger partial charge in [0.1, 0.15) is 0 Å². The van der Waals surface area contributed by atoms with Crippen LogP contribution in [0.3, 0.4) is 0 Å². The molecule has 1 aromatic carbocycles. The third-order valence-electron chi connectivity index (χ3n) is 4.38. The van der Waals surface area contributed by atoms with Crippen LogP contribution in [0, 0.1) is 5.92 Å². The average molecular weight is 289 g/mol. The first-order chi connectivity index (χ1) is 9.94. The lowest BCUT2D eigenvalue weighted by molar-refractivity contribution is -0.140. The second kappa shape index (κ2) is 6.58. The van der Waals surface area contributed by atoms with E-state index in [1.165, 1.54) is 5.56 Å². The van der Waals surface area contributed by atoms with Gasteiger partial charge < -0.3 is 10.6 Å². The van der Waals surface area contributed by atoms with Gasteiger partial charge in [0.05, 0.1) is 0 Å². The van der Waals surface area contributed by atoms with Gasteiger partial charge in [0.15, 0.2) is 0 Å². The van der Waals surface area contributed by atoms with E-state index in [1.807, 2.05) is 17.9 Å². The normalized spacial score (nSPS) is 20.3. The van der Waals surface area contributed by atoms with E-state index in [-0.39, 0.29) is 17.4 Å². The predicted molar refractivity (Wildman–Crippen MR) is 85.7 cm³/mol. The fourth-order valence-electron chi connectivity index (χ4n) is 2.89. The summed E-state index contributed by atoms with van der Waals surface area (Å²) in [6.07, 6.45) is 0. The molecule has 1 fully saturated rings. The zero-order valence-electron chi connectivity index (χ0n) is 13.4. The molecule has 0 aromatic heterocycles. The molecule has 0 spiro atoms. The van der Waals surface area contributed by atoms with Crippen LogP contribution in [0.15, 0.2) is 30.3 Å². The molecule has 0 saturated carbocycles. The fourth-order valence-corrected chi connectivity index (χ4v) is 2.89. The average Bonchev–Trinajstić information content (AvgIpc) is 2.48. The largest absolute Gasteiger partial charge is 0.339 e. The van der Waals surface area contributed by atoms with Crippen LogP contribution in [0.2, 0.25) is 0 Å². The third kappa shape index (κ3) is 3.83. The van der Waals surface area contributed by atoms with Crippen LogP contribution in [0.5, 0.6) is 0 Å². The zero-order chi connectivity index (χ0) is 15.5. The molecule has 116 valence electrons. The number of piperazine rings is 1. The van der Waals surface area contributed by atoms with E-state index >= 15 is 0 Å². The maximum absolute atomic E-state index is 12.3. The molecule has 0 aliphatic carbocycles. The second-order valence-corrected chi connectivity index (χ2v) is 6.62. The van der Waals surface area contributed by atoms with Crippen molar-refractivity contribution in [3.8, 4) is 0 Å². The molecule has 0 radical (unpaired) electrons. The van der Waals surface area contributed by atoms with E-state index in [2.05, 4.69) is 43.0 Å². The highest BCUT2D eigenvalue weighted by Crippen LogP contribution is 2.24. The van der Waals surface area contributed by atoms with Gasteiger partial charge in [-0.3, -0.25) is 9.69 Å². The summed E-state index contributed by atoms with van der Waals surface area (Å²) in [6.45, 7) is 10.1. The Morgan fingerprint density at radius 3 is 2.52 bits per heavy atom. The molecule has 2 rings (SSSR count). The number of benzene rings is 1. The highest BCUT2D eigenvalue weighted by atomic mass is 16.2. The van der Waals surface area contributed by atoms with E-state index in [0.717, 1.165) is 26.2 Å². The van der Waals surface area contributed by atoms with E-state index in [0.29, 0.717) is 6.54 Å². The Morgan fingerprint density at radius 2 is 1.95 bits per heavy atom. The summed E-state index contributed by atoms with van der Waals surface area (Å²) < 4.78 is 0. The van der Waals surface area contributed by atoms with Crippen molar-refractivity contribution in [3.63, 3.8) is 0 Å². The number of nitrogens with zero attached hydrogens (tertiary/aromatic N) is 2. The van der Waals surface area contributed by atoms with Crippen LogP contribution in [0.1, 0.15) is 26.3 Å². The number of rotatable bonds is 4. The van der Waals surface area contributed by atoms with Crippen molar-refractivity contribution in [1.29, 1.82) is 0 Å². The minimum absolute atomic E-state index is 0.0158. The van der Waals surface area contributed by atoms with Crippen LogP contribution in [-0.2, 0) is 11.3 Å². The maximum atomic E-state index is 12.3. The molecule has 1 saturated heterocycles. The van der Waals surface area contributed by atoms with E-state index in [9.17, 15) is 4.79 Å². The maximum Gasteiger partial charge on any atom is 0.226 e. The molecule has 0 bridgehead atoms. The highest BCUT2D eigenvalue weighted by molar-refractivity contribution is 5.79. The molecule has 1 atom stereocenters. The molecule has 1 heterocycles. The Morgan fingerprint density at radius 1 is 1.29 bits per heavy atom. The van der Waals surface area contributed by atoms with Gasteiger partial charge in [-0.05, 0) is 19.4 Å². The first kappa shape index (κ1) is 16.0. The lowest BCUT2D eigenvalue weighted by Crippen LogP contribution is -2.60. The molecule has 1 aliphatic rings. The van der Waals surface area contributed by atoms with Gasteiger partial charge in [-0.25, -0.2) is 0 Å². The quantitative estimate of drug-likeness (QED) is 0.918. The smallest absolute Gasteiger partial charge is 0.226 e. The minimum Gasteiger partial charge on any atom is -0.339 e. The summed E-state index contributed by atoms with van der Waals surface area (Å²) in [7, 11) is 0. The summed E-state index contributed by atoms with van der Waals surface area (Å²) in [4.78, 5) is 16.7. The van der Waals surface area contributed by atoms with E-state index in [4.69, 9.17) is 5.73 Å². The van der Waals surface area contributed by atoms with Crippen LogP contribution < -0.4 is 5.73 Å². The number of carbonyl (C=O) groups is 1. The number of amides is 1. The summed E-state index contributed by atoms with van der Waals surface area (Å²) in [6, 6.07) is 10.5.